The molecule has 1 aromatic heterocycles. The zero-order valence-corrected chi connectivity index (χ0v) is 21.1. The number of carboxylic acids is 1. The molecule has 0 radical (unpaired) electrons. The smallest absolute Gasteiger partial charge is 0.337 e. The van der Waals surface area contributed by atoms with Crippen LogP contribution in [-0.2, 0) is 10.0 Å². The summed E-state index contributed by atoms with van der Waals surface area (Å²) in [6, 6.07) is 17.6. The van der Waals surface area contributed by atoms with E-state index in [2.05, 4.69) is 20.3 Å². The van der Waals surface area contributed by atoms with Crippen LogP contribution in [-0.4, -0.2) is 40.4 Å². The molecular weight excluding hydrogens is 536 g/mol. The molecule has 0 saturated heterocycles. The molecule has 0 amide bonds. The first-order chi connectivity index (χ1) is 18.1. The third kappa shape index (κ3) is 5.48. The van der Waals surface area contributed by atoms with E-state index in [9.17, 15) is 28.4 Å². The number of nitrogens with zero attached hydrogens (tertiary/aromatic N) is 4. The van der Waals surface area contributed by atoms with E-state index >= 15 is 0 Å². The number of para-hydroxylation sites is 2. The Morgan fingerprint density at radius 1 is 1.11 bits per heavy atom. The summed E-state index contributed by atoms with van der Waals surface area (Å²) in [5, 5.41) is 29.4. The first kappa shape index (κ1) is 26.3. The minimum Gasteiger partial charge on any atom is -0.478 e. The van der Waals surface area contributed by atoms with E-state index in [1.54, 1.807) is 6.92 Å². The van der Waals surface area contributed by atoms with Gasteiger partial charge in [-0.1, -0.05) is 41.9 Å². The van der Waals surface area contributed by atoms with E-state index in [0.29, 0.717) is 11.3 Å². The number of carboxylic acid groups (broad SMARTS) is 1. The predicted octanol–water partition coefficient (Wildman–Crippen LogP) is 4.69. The molecule has 3 aromatic carbocycles. The number of nitro benzene ring substituents is 1. The number of non-ortho nitro benzene ring substituents is 1. The van der Waals surface area contributed by atoms with Crippen molar-refractivity contribution in [2.75, 3.05) is 10.1 Å². The van der Waals surface area contributed by atoms with Gasteiger partial charge in [0.05, 0.1) is 45.0 Å². The lowest BCUT2D eigenvalue weighted by atomic mass is 10.2. The van der Waals surface area contributed by atoms with Gasteiger partial charge >= 0.3 is 5.97 Å². The van der Waals surface area contributed by atoms with E-state index in [1.165, 1.54) is 41.2 Å². The van der Waals surface area contributed by atoms with Crippen molar-refractivity contribution in [2.45, 2.75) is 11.8 Å². The topological polar surface area (TPSA) is 169 Å². The monoisotopic (exact) mass is 554 g/mol. The number of benzene rings is 3. The Balaban J connectivity index is 1.68. The van der Waals surface area contributed by atoms with E-state index in [0.717, 1.165) is 17.8 Å². The van der Waals surface area contributed by atoms with Crippen LogP contribution in [0.1, 0.15) is 21.6 Å². The van der Waals surface area contributed by atoms with Gasteiger partial charge in [0.25, 0.3) is 15.7 Å². The molecular formula is C24H19ClN6O6S. The average molecular weight is 555 g/mol. The highest BCUT2D eigenvalue weighted by molar-refractivity contribution is 7.93. The zero-order chi connectivity index (χ0) is 27.4. The van der Waals surface area contributed by atoms with Gasteiger partial charge in [0.1, 0.15) is 10.0 Å². The van der Waals surface area contributed by atoms with Gasteiger partial charge in [-0.05, 0) is 37.3 Å². The van der Waals surface area contributed by atoms with Crippen LogP contribution in [0.25, 0.3) is 5.69 Å². The molecule has 194 valence electrons. The number of aromatic nitrogens is 2. The van der Waals surface area contributed by atoms with Crippen LogP contribution < -0.4 is 10.1 Å². The number of nitrogens with one attached hydrogen (secondary N) is 2. The van der Waals surface area contributed by atoms with Crippen LogP contribution in [0.3, 0.4) is 0 Å². The Morgan fingerprint density at radius 3 is 2.47 bits per heavy atom. The zero-order valence-electron chi connectivity index (χ0n) is 19.6. The van der Waals surface area contributed by atoms with Gasteiger partial charge < -0.3 is 5.11 Å². The maximum atomic E-state index is 13.2. The third-order valence-electron chi connectivity index (χ3n) is 5.29. The van der Waals surface area contributed by atoms with Gasteiger partial charge in [-0.2, -0.15) is 10.2 Å². The Morgan fingerprint density at radius 2 is 1.79 bits per heavy atom. The normalized spacial score (nSPS) is 11.4. The minimum absolute atomic E-state index is 0.101. The summed E-state index contributed by atoms with van der Waals surface area (Å²) in [6.07, 6.45) is 1.34. The van der Waals surface area contributed by atoms with Gasteiger partial charge in [-0.25, -0.2) is 17.9 Å². The van der Waals surface area contributed by atoms with Crippen molar-refractivity contribution < 1.29 is 23.2 Å². The summed E-state index contributed by atoms with van der Waals surface area (Å²) in [7, 11) is -4.50. The fraction of sp³-hybridized carbons (Fsp3) is 0.0417. The first-order valence-electron chi connectivity index (χ1n) is 10.8. The van der Waals surface area contributed by atoms with Crippen LogP contribution in [0.15, 0.2) is 82.8 Å². The Kier molecular flexibility index (Phi) is 7.41. The van der Waals surface area contributed by atoms with Gasteiger partial charge in [-0.15, -0.1) is 0 Å². The lowest BCUT2D eigenvalue weighted by molar-refractivity contribution is -0.385. The number of rotatable bonds is 9. The summed E-state index contributed by atoms with van der Waals surface area (Å²) in [5.74, 6) is -1.35. The van der Waals surface area contributed by atoms with E-state index in [4.69, 9.17) is 11.6 Å². The highest BCUT2D eigenvalue weighted by Crippen LogP contribution is 2.29. The molecule has 3 N–H and O–H groups in total. The number of aryl methyl sites for hydroxylation is 1. The second-order valence-electron chi connectivity index (χ2n) is 7.80. The quantitative estimate of drug-likeness (QED) is 0.152. The van der Waals surface area contributed by atoms with Crippen molar-refractivity contribution in [3.8, 4) is 5.69 Å². The maximum absolute atomic E-state index is 13.2. The van der Waals surface area contributed by atoms with Crippen molar-refractivity contribution in [3.05, 3.63) is 105 Å². The van der Waals surface area contributed by atoms with Gasteiger partial charge in [-0.3, -0.25) is 20.3 Å². The molecule has 38 heavy (non-hydrogen) atoms. The van der Waals surface area contributed by atoms with E-state index in [1.807, 2.05) is 30.3 Å². The molecule has 4 rings (SSSR count). The molecule has 0 saturated carbocycles. The number of hydrogen-bond acceptors (Lipinski definition) is 8. The minimum atomic E-state index is -4.50. The maximum Gasteiger partial charge on any atom is 0.337 e. The van der Waals surface area contributed by atoms with Crippen molar-refractivity contribution in [2.24, 2.45) is 5.10 Å². The molecule has 0 aliphatic rings. The Bertz CT molecular complexity index is 1670. The number of hydrogen-bond donors (Lipinski definition) is 3. The number of sulfonamides is 1. The fourth-order valence-corrected chi connectivity index (χ4v) is 5.04. The fourth-order valence-electron chi connectivity index (χ4n) is 3.46. The number of anilines is 2. The molecule has 14 heteroatoms. The molecule has 0 unspecified atom stereocenters. The standard InChI is InChI=1S/C24H19ClN6O6S/c1-15-19(23(25)30(28-15)16-7-3-2-4-8-16)14-26-27-21-12-11-17(31(34)35)13-22(21)38(36,37)29-20-10-6-5-9-18(20)24(32)33/h2-14,27,29H,1H3,(H,32,33). The number of hydrazone groups is 1. The number of nitro groups is 1. The number of aromatic carboxylic acids is 1. The molecule has 0 atom stereocenters. The van der Waals surface area contributed by atoms with Crippen molar-refractivity contribution >= 4 is 50.9 Å². The largest absolute Gasteiger partial charge is 0.478 e. The van der Waals surface area contributed by atoms with Gasteiger partial charge in [0.15, 0.2) is 0 Å². The molecule has 4 aromatic rings. The summed E-state index contributed by atoms with van der Waals surface area (Å²) >= 11 is 6.49. The molecule has 0 aliphatic heterocycles. The number of halogens is 1. The van der Waals surface area contributed by atoms with E-state index in [-0.39, 0.29) is 22.1 Å². The third-order valence-corrected chi connectivity index (χ3v) is 7.06. The molecule has 0 bridgehead atoms. The summed E-state index contributed by atoms with van der Waals surface area (Å²) in [4.78, 5) is 21.6. The van der Waals surface area contributed by atoms with Crippen LogP contribution in [0, 0.1) is 17.0 Å². The van der Waals surface area contributed by atoms with Gasteiger partial charge in [0, 0.05) is 12.1 Å². The number of carbonyl (C=O) groups is 1. The first-order valence-corrected chi connectivity index (χ1v) is 12.7. The second kappa shape index (κ2) is 10.7. The average Bonchev–Trinajstić information content (AvgIpc) is 3.17. The molecule has 12 nitrogen and oxygen atoms in total. The second-order valence-corrected chi connectivity index (χ2v) is 9.81. The molecule has 0 spiro atoms. The summed E-state index contributed by atoms with van der Waals surface area (Å²) in [5.41, 5.74) is 3.21. The van der Waals surface area contributed by atoms with Gasteiger partial charge in [0.2, 0.25) is 0 Å². The lowest BCUT2D eigenvalue weighted by Gasteiger charge is -2.13. The molecule has 1 heterocycles. The molecule has 0 fully saturated rings. The highest BCUT2D eigenvalue weighted by Gasteiger charge is 2.24. The Labute approximate surface area is 221 Å². The summed E-state index contributed by atoms with van der Waals surface area (Å²) < 4.78 is 30.1. The van der Waals surface area contributed by atoms with Crippen molar-refractivity contribution in [1.29, 1.82) is 0 Å². The van der Waals surface area contributed by atoms with Crippen molar-refractivity contribution in [1.82, 2.24) is 9.78 Å². The van der Waals surface area contributed by atoms with Crippen molar-refractivity contribution in [3.63, 3.8) is 0 Å². The molecule has 0 aliphatic carbocycles. The van der Waals surface area contributed by atoms with Crippen LogP contribution >= 0.6 is 11.6 Å². The lowest BCUT2D eigenvalue weighted by Crippen LogP contribution is -2.17. The van der Waals surface area contributed by atoms with Crippen LogP contribution in [0.5, 0.6) is 0 Å². The van der Waals surface area contributed by atoms with Crippen LogP contribution in [0.4, 0.5) is 17.1 Å². The van der Waals surface area contributed by atoms with E-state index < -0.39 is 31.5 Å². The highest BCUT2D eigenvalue weighted by atomic mass is 35.5. The predicted molar refractivity (Wildman–Crippen MR) is 142 cm³/mol. The summed E-state index contributed by atoms with van der Waals surface area (Å²) in [6.45, 7) is 1.72. The van der Waals surface area contributed by atoms with Crippen LogP contribution in [0.2, 0.25) is 5.15 Å². The SMILES string of the molecule is Cc1nn(-c2ccccc2)c(Cl)c1C=NNc1ccc([N+](=O)[O-])cc1S(=O)(=O)Nc1ccccc1C(=O)O. The Hall–Kier alpha value is -4.75.